The lowest BCUT2D eigenvalue weighted by Crippen LogP contribution is -2.28. The van der Waals surface area contributed by atoms with Gasteiger partial charge >= 0.3 is 5.69 Å². The van der Waals surface area contributed by atoms with E-state index in [0.29, 0.717) is 22.0 Å². The first-order valence-corrected chi connectivity index (χ1v) is 6.19. The highest BCUT2D eigenvalue weighted by atomic mass is 35.5. The summed E-state index contributed by atoms with van der Waals surface area (Å²) in [7, 11) is 0. The van der Waals surface area contributed by atoms with E-state index in [1.165, 1.54) is 4.57 Å². The van der Waals surface area contributed by atoms with Crippen molar-refractivity contribution in [3.8, 4) is 0 Å². The second kappa shape index (κ2) is 5.36. The van der Waals surface area contributed by atoms with Gasteiger partial charge in [0.25, 0.3) is 0 Å². The number of aryl methyl sites for hydroxylation is 2. The third kappa shape index (κ3) is 3.09. The van der Waals surface area contributed by atoms with Crippen LogP contribution in [0, 0.1) is 13.8 Å². The van der Waals surface area contributed by atoms with Crippen LogP contribution in [0.4, 0.5) is 0 Å². The normalized spacial score (nSPS) is 10.5. The topological polar surface area (TPSA) is 52.0 Å². The number of carbonyl (C=O) groups is 1. The van der Waals surface area contributed by atoms with Gasteiger partial charge in [-0.3, -0.25) is 9.36 Å². The molecule has 1 aromatic carbocycles. The van der Waals surface area contributed by atoms with E-state index < -0.39 is 5.69 Å². The number of Topliss-reactive ketones (excluding diaryl/α,β-unsaturated/α-hetero) is 1. The SMILES string of the molecule is Cc1cc(C)n(CC(=O)c2cccc(Cl)c2)c(=O)n1. The molecular weight excluding hydrogens is 264 g/mol. The summed E-state index contributed by atoms with van der Waals surface area (Å²) in [6.45, 7) is 3.50. The number of rotatable bonds is 3. The van der Waals surface area contributed by atoms with Crippen LogP contribution >= 0.6 is 11.6 Å². The Hall–Kier alpha value is -1.94. The third-order valence-electron chi connectivity index (χ3n) is 2.79. The van der Waals surface area contributed by atoms with Crippen molar-refractivity contribution in [1.82, 2.24) is 9.55 Å². The third-order valence-corrected chi connectivity index (χ3v) is 3.03. The van der Waals surface area contributed by atoms with Gasteiger partial charge in [-0.2, -0.15) is 4.98 Å². The summed E-state index contributed by atoms with van der Waals surface area (Å²) in [4.78, 5) is 27.7. The van der Waals surface area contributed by atoms with Gasteiger partial charge in [0.2, 0.25) is 0 Å². The number of hydrogen-bond donors (Lipinski definition) is 0. The summed E-state index contributed by atoms with van der Waals surface area (Å²) in [6.07, 6.45) is 0. The molecule has 4 nitrogen and oxygen atoms in total. The maximum absolute atomic E-state index is 12.1. The van der Waals surface area contributed by atoms with Crippen molar-refractivity contribution in [1.29, 1.82) is 0 Å². The van der Waals surface area contributed by atoms with E-state index in [-0.39, 0.29) is 12.3 Å². The van der Waals surface area contributed by atoms with E-state index in [9.17, 15) is 9.59 Å². The predicted octanol–water partition coefficient (Wildman–Crippen LogP) is 2.40. The number of halogens is 1. The number of hydrogen-bond acceptors (Lipinski definition) is 3. The Morgan fingerprint density at radius 3 is 2.68 bits per heavy atom. The molecule has 0 aliphatic carbocycles. The van der Waals surface area contributed by atoms with Gasteiger partial charge in [-0.05, 0) is 32.0 Å². The van der Waals surface area contributed by atoms with E-state index in [1.54, 1.807) is 44.2 Å². The lowest BCUT2D eigenvalue weighted by Gasteiger charge is -2.09. The Labute approximate surface area is 115 Å². The molecule has 0 atom stereocenters. The molecule has 0 amide bonds. The Bertz CT molecular complexity index is 692. The van der Waals surface area contributed by atoms with Gasteiger partial charge in [0.1, 0.15) is 0 Å². The van der Waals surface area contributed by atoms with Crippen molar-refractivity contribution in [2.24, 2.45) is 0 Å². The molecule has 2 rings (SSSR count). The summed E-state index contributed by atoms with van der Waals surface area (Å²) in [5.41, 5.74) is 1.44. The van der Waals surface area contributed by atoms with Crippen LogP contribution in [-0.4, -0.2) is 15.3 Å². The lowest BCUT2D eigenvalue weighted by molar-refractivity contribution is 0.0969. The van der Waals surface area contributed by atoms with Crippen molar-refractivity contribution < 1.29 is 4.79 Å². The van der Waals surface area contributed by atoms with Crippen LogP contribution in [0.2, 0.25) is 5.02 Å². The van der Waals surface area contributed by atoms with Crippen LogP contribution in [-0.2, 0) is 6.54 Å². The van der Waals surface area contributed by atoms with E-state index in [0.717, 1.165) is 0 Å². The average molecular weight is 277 g/mol. The minimum absolute atomic E-state index is 0.0295. The van der Waals surface area contributed by atoms with Crippen molar-refractivity contribution in [3.05, 3.63) is 62.8 Å². The molecule has 0 spiro atoms. The fourth-order valence-corrected chi connectivity index (χ4v) is 2.05. The zero-order valence-corrected chi connectivity index (χ0v) is 11.4. The Balaban J connectivity index is 2.32. The Morgan fingerprint density at radius 1 is 1.32 bits per heavy atom. The molecule has 0 N–H and O–H groups in total. The van der Waals surface area contributed by atoms with Gasteiger partial charge in [0.05, 0.1) is 6.54 Å². The number of benzene rings is 1. The fraction of sp³-hybridized carbons (Fsp3) is 0.214. The molecule has 0 aliphatic rings. The van der Waals surface area contributed by atoms with Crippen LogP contribution in [0.3, 0.4) is 0 Å². The minimum atomic E-state index is -0.409. The molecule has 2 aromatic rings. The smallest absolute Gasteiger partial charge is 0.292 e. The number of ketones is 1. The van der Waals surface area contributed by atoms with E-state index in [4.69, 9.17) is 11.6 Å². The number of carbonyl (C=O) groups excluding carboxylic acids is 1. The highest BCUT2D eigenvalue weighted by molar-refractivity contribution is 6.31. The Kier molecular flexibility index (Phi) is 3.81. The molecule has 0 aliphatic heterocycles. The summed E-state index contributed by atoms with van der Waals surface area (Å²) in [5, 5.41) is 0.497. The van der Waals surface area contributed by atoms with E-state index in [2.05, 4.69) is 4.98 Å². The maximum Gasteiger partial charge on any atom is 0.348 e. The molecular formula is C14H13ClN2O2. The Morgan fingerprint density at radius 2 is 2.05 bits per heavy atom. The maximum atomic E-state index is 12.1. The van der Waals surface area contributed by atoms with Crippen LogP contribution in [0.15, 0.2) is 35.1 Å². The molecule has 0 radical (unpaired) electrons. The van der Waals surface area contributed by atoms with Gasteiger partial charge in [-0.25, -0.2) is 4.79 Å². The largest absolute Gasteiger partial charge is 0.348 e. The van der Waals surface area contributed by atoms with E-state index >= 15 is 0 Å². The van der Waals surface area contributed by atoms with Crippen LogP contribution < -0.4 is 5.69 Å². The van der Waals surface area contributed by atoms with Gasteiger partial charge < -0.3 is 0 Å². The molecule has 98 valence electrons. The second-order valence-corrected chi connectivity index (χ2v) is 4.78. The van der Waals surface area contributed by atoms with Crippen molar-refractivity contribution in [3.63, 3.8) is 0 Å². The predicted molar refractivity (Wildman–Crippen MR) is 73.8 cm³/mol. The van der Waals surface area contributed by atoms with Gasteiger partial charge in [0.15, 0.2) is 5.78 Å². The summed E-state index contributed by atoms with van der Waals surface area (Å²) in [5.74, 6) is -0.168. The summed E-state index contributed by atoms with van der Waals surface area (Å²) < 4.78 is 1.36. The van der Waals surface area contributed by atoms with Gasteiger partial charge in [-0.15, -0.1) is 0 Å². The van der Waals surface area contributed by atoms with Crippen molar-refractivity contribution in [2.75, 3.05) is 0 Å². The molecule has 0 saturated heterocycles. The van der Waals surface area contributed by atoms with Gasteiger partial charge in [0, 0.05) is 22.0 Å². The standard InChI is InChI=1S/C14H13ClN2O2/c1-9-6-10(2)17(14(19)16-9)8-13(18)11-4-3-5-12(15)7-11/h3-7H,8H2,1-2H3. The molecule has 0 unspecified atom stereocenters. The van der Waals surface area contributed by atoms with Crippen LogP contribution in [0.25, 0.3) is 0 Å². The molecule has 0 saturated carbocycles. The molecule has 19 heavy (non-hydrogen) atoms. The fourth-order valence-electron chi connectivity index (χ4n) is 1.86. The first-order chi connectivity index (χ1) is 8.97. The zero-order valence-electron chi connectivity index (χ0n) is 10.7. The first kappa shape index (κ1) is 13.5. The highest BCUT2D eigenvalue weighted by Crippen LogP contribution is 2.12. The quantitative estimate of drug-likeness (QED) is 0.809. The first-order valence-electron chi connectivity index (χ1n) is 5.81. The van der Waals surface area contributed by atoms with Gasteiger partial charge in [-0.1, -0.05) is 23.7 Å². The lowest BCUT2D eigenvalue weighted by atomic mass is 10.1. The molecule has 5 heteroatoms. The van der Waals surface area contributed by atoms with Crippen LogP contribution in [0.1, 0.15) is 21.7 Å². The second-order valence-electron chi connectivity index (χ2n) is 4.34. The van der Waals surface area contributed by atoms with Crippen molar-refractivity contribution in [2.45, 2.75) is 20.4 Å². The molecule has 0 fully saturated rings. The van der Waals surface area contributed by atoms with Crippen molar-refractivity contribution >= 4 is 17.4 Å². The average Bonchev–Trinajstić information content (AvgIpc) is 2.33. The summed E-state index contributed by atoms with van der Waals surface area (Å²) >= 11 is 5.84. The molecule has 0 bridgehead atoms. The summed E-state index contributed by atoms with van der Waals surface area (Å²) in [6, 6.07) is 8.44. The zero-order chi connectivity index (χ0) is 14.0. The minimum Gasteiger partial charge on any atom is -0.292 e. The molecule has 1 aromatic heterocycles. The number of nitrogens with zero attached hydrogens (tertiary/aromatic N) is 2. The molecule has 1 heterocycles. The highest BCUT2D eigenvalue weighted by Gasteiger charge is 2.10. The monoisotopic (exact) mass is 276 g/mol. The van der Waals surface area contributed by atoms with Crippen LogP contribution in [0.5, 0.6) is 0 Å². The van der Waals surface area contributed by atoms with E-state index in [1.807, 2.05) is 0 Å². The number of aromatic nitrogens is 2.